The number of nitrogens with one attached hydrogen (secondary N) is 2. The number of hydrogen-bond acceptors (Lipinski definition) is 6. The fourth-order valence-corrected chi connectivity index (χ4v) is 3.09. The highest BCUT2D eigenvalue weighted by Gasteiger charge is 2.20. The number of ether oxygens (including phenoxy) is 1. The molecule has 0 saturated carbocycles. The molecule has 0 aliphatic heterocycles. The van der Waals surface area contributed by atoms with Crippen LogP contribution in [-0.4, -0.2) is 29.3 Å². The van der Waals surface area contributed by atoms with Gasteiger partial charge in [0.05, 0.1) is 28.3 Å². The molecule has 0 aliphatic rings. The molecular formula is C24H21N3O6. The van der Waals surface area contributed by atoms with Gasteiger partial charge in [0.1, 0.15) is 0 Å². The van der Waals surface area contributed by atoms with E-state index in [2.05, 4.69) is 10.6 Å². The van der Waals surface area contributed by atoms with E-state index in [1.807, 2.05) is 19.1 Å². The van der Waals surface area contributed by atoms with Crippen LogP contribution in [0.1, 0.15) is 43.6 Å². The fraction of sp³-hybridized carbons (Fsp3) is 0.125. The summed E-state index contributed by atoms with van der Waals surface area (Å²) < 4.78 is 4.89. The first kappa shape index (κ1) is 23.1. The molecule has 3 aromatic carbocycles. The monoisotopic (exact) mass is 447 g/mol. The number of nitro groups is 1. The number of amides is 2. The van der Waals surface area contributed by atoms with E-state index in [0.717, 1.165) is 17.7 Å². The van der Waals surface area contributed by atoms with Crippen molar-refractivity contribution in [1.82, 2.24) is 0 Å². The predicted octanol–water partition coefficient (Wildman–Crippen LogP) is 4.58. The molecule has 3 rings (SSSR count). The van der Waals surface area contributed by atoms with Gasteiger partial charge in [0, 0.05) is 23.4 Å². The third kappa shape index (κ3) is 5.79. The van der Waals surface area contributed by atoms with E-state index in [-0.39, 0.29) is 29.0 Å². The van der Waals surface area contributed by atoms with Crippen LogP contribution in [0.3, 0.4) is 0 Å². The highest BCUT2D eigenvalue weighted by molar-refractivity contribution is 6.13. The zero-order valence-corrected chi connectivity index (χ0v) is 18.0. The smallest absolute Gasteiger partial charge is 0.338 e. The summed E-state index contributed by atoms with van der Waals surface area (Å²) in [4.78, 5) is 48.3. The molecule has 2 amide bonds. The first-order valence-electron chi connectivity index (χ1n) is 10.0. The van der Waals surface area contributed by atoms with Crippen molar-refractivity contribution in [2.75, 3.05) is 17.2 Å². The lowest BCUT2D eigenvalue weighted by Gasteiger charge is -2.12. The van der Waals surface area contributed by atoms with Crippen LogP contribution in [0.5, 0.6) is 0 Å². The second kappa shape index (κ2) is 10.2. The summed E-state index contributed by atoms with van der Waals surface area (Å²) in [5.74, 6) is -1.95. The normalized spacial score (nSPS) is 10.2. The van der Waals surface area contributed by atoms with Crippen molar-refractivity contribution in [2.45, 2.75) is 13.8 Å². The van der Waals surface area contributed by atoms with Crippen LogP contribution in [0.2, 0.25) is 0 Å². The molecular weight excluding hydrogens is 426 g/mol. The largest absolute Gasteiger partial charge is 0.462 e. The Bertz CT molecular complexity index is 1240. The van der Waals surface area contributed by atoms with Gasteiger partial charge in [0.2, 0.25) is 0 Å². The first-order chi connectivity index (χ1) is 15.8. The average molecular weight is 447 g/mol. The first-order valence-corrected chi connectivity index (χ1v) is 10.0. The van der Waals surface area contributed by atoms with Crippen LogP contribution in [0.15, 0.2) is 66.7 Å². The lowest BCUT2D eigenvalue weighted by Crippen LogP contribution is -2.19. The Morgan fingerprint density at radius 1 is 0.909 bits per heavy atom. The molecule has 0 unspecified atom stereocenters. The Morgan fingerprint density at radius 3 is 2.33 bits per heavy atom. The number of benzene rings is 3. The molecule has 3 aromatic rings. The van der Waals surface area contributed by atoms with Crippen LogP contribution >= 0.6 is 0 Å². The quantitative estimate of drug-likeness (QED) is 0.310. The van der Waals surface area contributed by atoms with Gasteiger partial charge in [0.15, 0.2) is 0 Å². The maximum Gasteiger partial charge on any atom is 0.338 e. The minimum Gasteiger partial charge on any atom is -0.462 e. The highest BCUT2D eigenvalue weighted by Crippen LogP contribution is 2.22. The van der Waals surface area contributed by atoms with Gasteiger partial charge in [0.25, 0.3) is 17.5 Å². The van der Waals surface area contributed by atoms with Gasteiger partial charge in [-0.05, 0) is 49.7 Å². The number of carbonyl (C=O) groups is 3. The molecule has 0 aliphatic carbocycles. The van der Waals surface area contributed by atoms with Gasteiger partial charge in [-0.1, -0.05) is 24.3 Å². The van der Waals surface area contributed by atoms with E-state index in [1.54, 1.807) is 31.2 Å². The van der Waals surface area contributed by atoms with Gasteiger partial charge in [-0.25, -0.2) is 4.79 Å². The molecule has 0 radical (unpaired) electrons. The Labute approximate surface area is 189 Å². The van der Waals surface area contributed by atoms with E-state index in [0.29, 0.717) is 5.69 Å². The molecule has 0 aromatic heterocycles. The topological polar surface area (TPSA) is 128 Å². The second-order valence-electron chi connectivity index (χ2n) is 7.07. The molecule has 0 spiro atoms. The van der Waals surface area contributed by atoms with E-state index >= 15 is 0 Å². The van der Waals surface area contributed by atoms with Crippen LogP contribution in [0.25, 0.3) is 0 Å². The highest BCUT2D eigenvalue weighted by atomic mass is 16.6. The summed E-state index contributed by atoms with van der Waals surface area (Å²) in [5, 5.41) is 16.6. The summed E-state index contributed by atoms with van der Waals surface area (Å²) in [6, 6.07) is 16.9. The summed E-state index contributed by atoms with van der Waals surface area (Å²) in [6.07, 6.45) is 0. The van der Waals surface area contributed by atoms with E-state index in [1.165, 1.54) is 18.2 Å². The standard InChI is InChI=1S/C24H21N3O6/c1-3-33-24(30)17-12-16(13-19(14-17)27(31)32)22(28)26-21-10-5-4-9-20(21)23(29)25-18-8-6-7-15(2)11-18/h4-14H,3H2,1-2H3,(H,25,29)(H,26,28). The van der Waals surface area contributed by atoms with Gasteiger partial charge in [-0.15, -0.1) is 0 Å². The van der Waals surface area contributed by atoms with Crippen molar-refractivity contribution in [1.29, 1.82) is 0 Å². The number of nitrogens with zero attached hydrogens (tertiary/aromatic N) is 1. The number of para-hydroxylation sites is 1. The lowest BCUT2D eigenvalue weighted by molar-refractivity contribution is -0.384. The molecule has 0 bridgehead atoms. The van der Waals surface area contributed by atoms with E-state index in [9.17, 15) is 24.5 Å². The molecule has 9 nitrogen and oxygen atoms in total. The molecule has 2 N–H and O–H groups in total. The minimum absolute atomic E-state index is 0.0759. The van der Waals surface area contributed by atoms with Crippen LogP contribution in [-0.2, 0) is 4.74 Å². The molecule has 0 heterocycles. The number of carbonyl (C=O) groups excluding carboxylic acids is 3. The number of hydrogen-bond donors (Lipinski definition) is 2. The Hall–Kier alpha value is -4.53. The number of non-ortho nitro benzene ring substituents is 1. The molecule has 9 heteroatoms. The van der Waals surface area contributed by atoms with Gasteiger partial charge < -0.3 is 15.4 Å². The number of rotatable bonds is 7. The lowest BCUT2D eigenvalue weighted by atomic mass is 10.1. The average Bonchev–Trinajstić information content (AvgIpc) is 2.79. The second-order valence-corrected chi connectivity index (χ2v) is 7.07. The zero-order chi connectivity index (χ0) is 24.0. The van der Waals surface area contributed by atoms with Crippen molar-refractivity contribution >= 4 is 34.8 Å². The Balaban J connectivity index is 1.88. The summed E-state index contributed by atoms with van der Waals surface area (Å²) in [7, 11) is 0. The number of nitro benzene ring substituents is 1. The molecule has 0 atom stereocenters. The minimum atomic E-state index is -0.784. The van der Waals surface area contributed by atoms with Crippen LogP contribution in [0.4, 0.5) is 17.1 Å². The van der Waals surface area contributed by atoms with Crippen molar-refractivity contribution in [2.24, 2.45) is 0 Å². The number of aryl methyl sites for hydroxylation is 1. The zero-order valence-electron chi connectivity index (χ0n) is 18.0. The molecule has 0 saturated heterocycles. The van der Waals surface area contributed by atoms with E-state index in [4.69, 9.17) is 4.74 Å². The maximum atomic E-state index is 12.9. The Morgan fingerprint density at radius 2 is 1.64 bits per heavy atom. The molecule has 168 valence electrons. The third-order valence-corrected chi connectivity index (χ3v) is 4.60. The summed E-state index contributed by atoms with van der Waals surface area (Å²) >= 11 is 0. The number of esters is 1. The molecule has 0 fully saturated rings. The van der Waals surface area contributed by atoms with E-state index < -0.39 is 28.4 Å². The van der Waals surface area contributed by atoms with Crippen molar-refractivity contribution in [3.63, 3.8) is 0 Å². The van der Waals surface area contributed by atoms with Crippen molar-refractivity contribution in [3.05, 3.63) is 99.1 Å². The third-order valence-electron chi connectivity index (χ3n) is 4.60. The fourth-order valence-electron chi connectivity index (χ4n) is 3.09. The van der Waals surface area contributed by atoms with Crippen molar-refractivity contribution < 1.29 is 24.0 Å². The summed E-state index contributed by atoms with van der Waals surface area (Å²) in [5.41, 5.74) is 1.29. The maximum absolute atomic E-state index is 12.9. The summed E-state index contributed by atoms with van der Waals surface area (Å²) in [6.45, 7) is 3.57. The van der Waals surface area contributed by atoms with Gasteiger partial charge >= 0.3 is 5.97 Å². The van der Waals surface area contributed by atoms with Gasteiger partial charge in [-0.3, -0.25) is 19.7 Å². The van der Waals surface area contributed by atoms with Crippen LogP contribution < -0.4 is 10.6 Å². The number of anilines is 2. The van der Waals surface area contributed by atoms with Gasteiger partial charge in [-0.2, -0.15) is 0 Å². The Kier molecular flexibility index (Phi) is 7.14. The van der Waals surface area contributed by atoms with Crippen molar-refractivity contribution in [3.8, 4) is 0 Å². The predicted molar refractivity (Wildman–Crippen MR) is 123 cm³/mol. The SMILES string of the molecule is CCOC(=O)c1cc(C(=O)Nc2ccccc2C(=O)Nc2cccc(C)c2)cc([N+](=O)[O-])c1. The molecule has 33 heavy (non-hydrogen) atoms. The van der Waals surface area contributed by atoms with Crippen LogP contribution in [0, 0.1) is 17.0 Å².